The Kier molecular flexibility index (Phi) is 2.83. The highest BCUT2D eigenvalue weighted by Gasteiger charge is 2.28. The molecule has 0 aliphatic carbocycles. The molecule has 0 saturated carbocycles. The van der Waals surface area contributed by atoms with Gasteiger partial charge in [-0.3, -0.25) is 4.79 Å². The number of amides is 1. The van der Waals surface area contributed by atoms with Crippen molar-refractivity contribution in [3.8, 4) is 0 Å². The first-order chi connectivity index (χ1) is 9.15. The zero-order valence-electron chi connectivity index (χ0n) is 10.5. The summed E-state index contributed by atoms with van der Waals surface area (Å²) in [7, 11) is 0. The normalized spacial score (nSPS) is 19.3. The molecular weight excluding hydrogens is 240 g/mol. The fraction of sp³-hybridized carbons (Fsp3) is 0.286. The molecule has 98 valence electrons. The largest absolute Gasteiger partial charge is 0.383 e. The molecule has 1 atom stereocenters. The van der Waals surface area contributed by atoms with E-state index in [0.717, 1.165) is 29.3 Å². The predicted octanol–water partition coefficient (Wildman–Crippen LogP) is 0.877. The van der Waals surface area contributed by atoms with Crippen molar-refractivity contribution in [2.45, 2.75) is 19.0 Å². The Labute approximate surface area is 111 Å². The number of nitrogens with two attached hydrogens (primary N) is 2. The number of fused-ring (bicyclic) bond motifs is 1. The molecule has 1 aromatic heterocycles. The molecule has 1 aliphatic rings. The molecule has 5 heteroatoms. The van der Waals surface area contributed by atoms with Gasteiger partial charge in [0.05, 0.1) is 6.04 Å². The number of anilines is 1. The highest BCUT2D eigenvalue weighted by molar-refractivity contribution is 5.91. The Hall–Kier alpha value is -2.14. The van der Waals surface area contributed by atoms with Gasteiger partial charge in [-0.2, -0.15) is 0 Å². The highest BCUT2D eigenvalue weighted by atomic mass is 16.2. The number of nitrogen functional groups attached to an aromatic ring is 1. The van der Waals surface area contributed by atoms with Gasteiger partial charge in [0.15, 0.2) is 0 Å². The summed E-state index contributed by atoms with van der Waals surface area (Å²) in [5, 5.41) is 1.98. The summed E-state index contributed by atoms with van der Waals surface area (Å²) in [6.45, 7) is 1.30. The number of hydrogen-bond acceptors (Lipinski definition) is 4. The van der Waals surface area contributed by atoms with Crippen LogP contribution in [0.3, 0.4) is 0 Å². The Morgan fingerprint density at radius 3 is 2.95 bits per heavy atom. The highest BCUT2D eigenvalue weighted by Crippen LogP contribution is 2.22. The lowest BCUT2D eigenvalue weighted by atomic mass is 10.1. The number of rotatable bonds is 2. The summed E-state index contributed by atoms with van der Waals surface area (Å²) in [4.78, 5) is 17.7. The summed E-state index contributed by atoms with van der Waals surface area (Å²) in [5.41, 5.74) is 12.6. The minimum atomic E-state index is -0.341. The third kappa shape index (κ3) is 2.13. The number of likely N-dealkylation sites (tertiary alicyclic amines) is 1. The molecule has 0 unspecified atom stereocenters. The molecule has 2 heterocycles. The van der Waals surface area contributed by atoms with Gasteiger partial charge in [-0.15, -0.1) is 0 Å². The average molecular weight is 256 g/mol. The van der Waals surface area contributed by atoms with E-state index in [1.807, 2.05) is 24.3 Å². The van der Waals surface area contributed by atoms with Crippen LogP contribution in [0.1, 0.15) is 12.0 Å². The third-order valence-electron chi connectivity index (χ3n) is 3.57. The van der Waals surface area contributed by atoms with Gasteiger partial charge in [0.2, 0.25) is 5.91 Å². The van der Waals surface area contributed by atoms with Gasteiger partial charge in [-0.05, 0) is 29.5 Å². The van der Waals surface area contributed by atoms with Crippen LogP contribution in [0.2, 0.25) is 0 Å². The molecule has 1 aromatic carbocycles. The van der Waals surface area contributed by atoms with E-state index < -0.39 is 0 Å². The van der Waals surface area contributed by atoms with Crippen LogP contribution < -0.4 is 11.5 Å². The molecule has 4 N–H and O–H groups in total. The smallest absolute Gasteiger partial charge is 0.239 e. The molecular formula is C14H16N4O. The van der Waals surface area contributed by atoms with Gasteiger partial charge < -0.3 is 16.4 Å². The van der Waals surface area contributed by atoms with Crippen molar-refractivity contribution < 1.29 is 4.79 Å². The van der Waals surface area contributed by atoms with E-state index >= 15 is 0 Å². The fourth-order valence-corrected chi connectivity index (χ4v) is 2.48. The van der Waals surface area contributed by atoms with Crippen LogP contribution in [-0.2, 0) is 11.3 Å². The van der Waals surface area contributed by atoms with Crippen LogP contribution in [0.15, 0.2) is 30.5 Å². The Balaban J connectivity index is 1.90. The lowest BCUT2D eigenvalue weighted by molar-refractivity contribution is -0.129. The number of hydrogen-bond donors (Lipinski definition) is 2. The fourth-order valence-electron chi connectivity index (χ4n) is 2.48. The Bertz CT molecular complexity index is 640. The van der Waals surface area contributed by atoms with Crippen molar-refractivity contribution in [1.29, 1.82) is 0 Å². The van der Waals surface area contributed by atoms with E-state index in [0.29, 0.717) is 12.4 Å². The number of aromatic nitrogens is 1. The van der Waals surface area contributed by atoms with Crippen LogP contribution in [-0.4, -0.2) is 28.4 Å². The van der Waals surface area contributed by atoms with Crippen molar-refractivity contribution in [3.05, 3.63) is 36.0 Å². The molecule has 19 heavy (non-hydrogen) atoms. The summed E-state index contributed by atoms with van der Waals surface area (Å²) in [6, 6.07) is 7.59. The van der Waals surface area contributed by atoms with Gasteiger partial charge in [-0.25, -0.2) is 4.98 Å². The van der Waals surface area contributed by atoms with Crippen molar-refractivity contribution in [2.75, 3.05) is 12.3 Å². The average Bonchev–Trinajstić information content (AvgIpc) is 2.72. The SMILES string of the molecule is Nc1nccc2ccc(CN3CC[C@@H](N)C3=O)cc12. The number of pyridine rings is 1. The monoisotopic (exact) mass is 256 g/mol. The molecule has 0 bridgehead atoms. The van der Waals surface area contributed by atoms with Crippen molar-refractivity contribution >= 4 is 22.5 Å². The quantitative estimate of drug-likeness (QED) is 0.835. The van der Waals surface area contributed by atoms with Gasteiger partial charge in [0, 0.05) is 24.7 Å². The van der Waals surface area contributed by atoms with Crippen molar-refractivity contribution in [3.63, 3.8) is 0 Å². The summed E-state index contributed by atoms with van der Waals surface area (Å²) < 4.78 is 0. The predicted molar refractivity (Wildman–Crippen MR) is 74.2 cm³/mol. The van der Waals surface area contributed by atoms with Crippen molar-refractivity contribution in [2.24, 2.45) is 5.73 Å². The minimum absolute atomic E-state index is 0.0271. The van der Waals surface area contributed by atoms with E-state index in [1.54, 1.807) is 11.1 Å². The maximum absolute atomic E-state index is 11.8. The van der Waals surface area contributed by atoms with Crippen LogP contribution in [0.4, 0.5) is 5.82 Å². The Morgan fingerprint density at radius 1 is 1.37 bits per heavy atom. The van der Waals surface area contributed by atoms with Crippen LogP contribution in [0.5, 0.6) is 0 Å². The zero-order chi connectivity index (χ0) is 13.4. The molecule has 1 aliphatic heterocycles. The maximum Gasteiger partial charge on any atom is 0.239 e. The first kappa shape index (κ1) is 11.9. The van der Waals surface area contributed by atoms with E-state index in [-0.39, 0.29) is 11.9 Å². The van der Waals surface area contributed by atoms with Gasteiger partial charge in [-0.1, -0.05) is 12.1 Å². The summed E-state index contributed by atoms with van der Waals surface area (Å²) in [5.74, 6) is 0.544. The van der Waals surface area contributed by atoms with Crippen LogP contribution in [0, 0.1) is 0 Å². The second-order valence-corrected chi connectivity index (χ2v) is 4.91. The van der Waals surface area contributed by atoms with Gasteiger partial charge in [0.25, 0.3) is 0 Å². The topological polar surface area (TPSA) is 85.2 Å². The molecule has 1 saturated heterocycles. The first-order valence-corrected chi connectivity index (χ1v) is 6.32. The zero-order valence-corrected chi connectivity index (χ0v) is 10.5. The number of carbonyl (C=O) groups excluding carboxylic acids is 1. The second-order valence-electron chi connectivity index (χ2n) is 4.91. The molecule has 0 radical (unpaired) electrons. The van der Waals surface area contributed by atoms with E-state index in [2.05, 4.69) is 4.98 Å². The lowest BCUT2D eigenvalue weighted by Crippen LogP contribution is -2.33. The number of carbonyl (C=O) groups is 1. The summed E-state index contributed by atoms with van der Waals surface area (Å²) in [6.07, 6.45) is 2.43. The first-order valence-electron chi connectivity index (χ1n) is 6.32. The van der Waals surface area contributed by atoms with Crippen molar-refractivity contribution in [1.82, 2.24) is 9.88 Å². The van der Waals surface area contributed by atoms with E-state index in [9.17, 15) is 4.79 Å². The molecule has 1 amide bonds. The van der Waals surface area contributed by atoms with Crippen LogP contribution >= 0.6 is 0 Å². The standard InChI is InChI=1S/C14H16N4O/c15-12-4-6-18(14(12)19)8-9-1-2-10-3-5-17-13(16)11(10)7-9/h1-3,5,7,12H,4,6,8,15H2,(H2,16,17)/t12-/m1/s1. The minimum Gasteiger partial charge on any atom is -0.383 e. The third-order valence-corrected chi connectivity index (χ3v) is 3.57. The number of nitrogens with zero attached hydrogens (tertiary/aromatic N) is 2. The number of benzene rings is 1. The second kappa shape index (κ2) is 4.51. The Morgan fingerprint density at radius 2 is 2.21 bits per heavy atom. The molecule has 5 nitrogen and oxygen atoms in total. The van der Waals surface area contributed by atoms with E-state index in [4.69, 9.17) is 11.5 Å². The maximum atomic E-state index is 11.8. The van der Waals surface area contributed by atoms with E-state index in [1.165, 1.54) is 0 Å². The summed E-state index contributed by atoms with van der Waals surface area (Å²) >= 11 is 0. The molecule has 3 rings (SSSR count). The molecule has 0 spiro atoms. The lowest BCUT2D eigenvalue weighted by Gasteiger charge is -2.16. The van der Waals surface area contributed by atoms with Gasteiger partial charge in [0.1, 0.15) is 5.82 Å². The molecule has 1 fully saturated rings. The van der Waals surface area contributed by atoms with Crippen LogP contribution in [0.25, 0.3) is 10.8 Å². The van der Waals surface area contributed by atoms with Gasteiger partial charge >= 0.3 is 0 Å². The molecule has 2 aromatic rings.